The highest BCUT2D eigenvalue weighted by Gasteiger charge is 2.57. The zero-order valence-electron chi connectivity index (χ0n) is 57.5. The van der Waals surface area contributed by atoms with Gasteiger partial charge < -0.3 is 155 Å². The first kappa shape index (κ1) is 84.3. The quantitative estimate of drug-likeness (QED) is 0.0217. The number of carbonyl (C=O) groups is 5. The van der Waals surface area contributed by atoms with Crippen molar-refractivity contribution in [1.29, 1.82) is 0 Å². The Morgan fingerprint density at radius 1 is 0.520 bits per heavy atom. The predicted molar refractivity (Wildman–Crippen MR) is 340 cm³/mol. The molecule has 0 bridgehead atoms. The minimum absolute atomic E-state index is 0.0625. The normalized spacial score (nSPS) is 35.9. The maximum Gasteiger partial charge on any atom is 0.251 e. The summed E-state index contributed by atoms with van der Waals surface area (Å²) in [6.45, 7) is 4.09. The highest BCUT2D eigenvalue weighted by molar-refractivity contribution is 5.94. The molecule has 0 saturated carbocycles. The average Bonchev–Trinajstić information content (AvgIpc) is 0.767. The highest BCUT2D eigenvalue weighted by Crippen LogP contribution is 2.36. The number of aliphatic hydroxyl groups excluding tert-OH is 13. The maximum atomic E-state index is 14.0. The molecule has 36 heteroatoms. The Balaban J connectivity index is 1.19. The van der Waals surface area contributed by atoms with E-state index in [1.807, 2.05) is 0 Å². The minimum atomic E-state index is -2.06. The Hall–Kier alpha value is -4.63. The van der Waals surface area contributed by atoms with E-state index in [0.717, 1.165) is 46.5 Å². The molecule has 5 aliphatic heterocycles. The molecule has 29 atom stereocenters. The van der Waals surface area contributed by atoms with Gasteiger partial charge in [0.1, 0.15) is 134 Å². The molecule has 18 N–H and O–H groups in total. The van der Waals surface area contributed by atoms with Crippen molar-refractivity contribution >= 4 is 29.5 Å². The molecular formula is C64H107N5O31. The number of amides is 5. The Bertz CT molecular complexity index is 2650. The Kier molecular flexibility index (Phi) is 34.7. The van der Waals surface area contributed by atoms with Crippen molar-refractivity contribution in [3.63, 3.8) is 0 Å². The van der Waals surface area contributed by atoms with Crippen molar-refractivity contribution in [2.45, 2.75) is 284 Å². The van der Waals surface area contributed by atoms with Crippen molar-refractivity contribution in [1.82, 2.24) is 26.6 Å². The van der Waals surface area contributed by atoms with Crippen LogP contribution in [0.1, 0.15) is 117 Å². The number of unbranched alkanes of at least 4 members (excludes halogenated alkanes) is 8. The molecule has 5 fully saturated rings. The van der Waals surface area contributed by atoms with E-state index in [0.29, 0.717) is 12.4 Å². The van der Waals surface area contributed by atoms with Gasteiger partial charge in [0.25, 0.3) is 5.91 Å². The second-order valence-corrected chi connectivity index (χ2v) is 25.7. The van der Waals surface area contributed by atoms with Crippen molar-refractivity contribution < 1.29 is 152 Å². The molecule has 5 heterocycles. The summed E-state index contributed by atoms with van der Waals surface area (Å²) in [5.41, 5.74) is 0.0625. The largest absolute Gasteiger partial charge is 0.494 e. The van der Waals surface area contributed by atoms with Crippen LogP contribution in [0.5, 0.6) is 5.75 Å². The van der Waals surface area contributed by atoms with Gasteiger partial charge in [-0.1, -0.05) is 64.4 Å². The van der Waals surface area contributed by atoms with Crippen LogP contribution in [0.3, 0.4) is 0 Å². The number of benzene rings is 1. The van der Waals surface area contributed by atoms with E-state index in [1.54, 1.807) is 12.1 Å². The molecule has 574 valence electrons. The summed E-state index contributed by atoms with van der Waals surface area (Å²) < 4.78 is 78.0. The van der Waals surface area contributed by atoms with Crippen molar-refractivity contribution in [3.05, 3.63) is 29.8 Å². The third-order valence-electron chi connectivity index (χ3n) is 17.9. The van der Waals surface area contributed by atoms with Crippen molar-refractivity contribution in [2.75, 3.05) is 53.4 Å². The lowest BCUT2D eigenvalue weighted by Crippen LogP contribution is -2.72. The lowest BCUT2D eigenvalue weighted by atomic mass is 9.93. The van der Waals surface area contributed by atoms with Gasteiger partial charge in [0.05, 0.1) is 58.4 Å². The first-order valence-electron chi connectivity index (χ1n) is 34.0. The fourth-order valence-electron chi connectivity index (χ4n) is 12.5. The maximum absolute atomic E-state index is 14.0. The van der Waals surface area contributed by atoms with E-state index in [2.05, 4.69) is 33.5 Å². The minimum Gasteiger partial charge on any atom is -0.494 e. The van der Waals surface area contributed by atoms with Gasteiger partial charge in [-0.25, -0.2) is 0 Å². The van der Waals surface area contributed by atoms with Crippen LogP contribution in [0.15, 0.2) is 24.3 Å². The van der Waals surface area contributed by atoms with E-state index in [1.165, 1.54) is 72.1 Å². The van der Waals surface area contributed by atoms with Crippen LogP contribution in [0.2, 0.25) is 0 Å². The molecule has 0 radical (unpaired) electrons. The van der Waals surface area contributed by atoms with E-state index in [-0.39, 0.29) is 5.56 Å². The lowest BCUT2D eigenvalue weighted by Gasteiger charge is -2.51. The number of rotatable bonds is 38. The first-order valence-corrected chi connectivity index (χ1v) is 34.0. The Morgan fingerprint density at radius 2 is 0.980 bits per heavy atom. The summed E-state index contributed by atoms with van der Waals surface area (Å²) in [5.74, 6) is -3.45. The topological polar surface area (TPSA) is 528 Å². The second kappa shape index (κ2) is 41.2. The molecule has 5 saturated heterocycles. The summed E-state index contributed by atoms with van der Waals surface area (Å²) in [7, 11) is 1.21. The van der Waals surface area contributed by atoms with Gasteiger partial charge >= 0.3 is 0 Å². The highest BCUT2D eigenvalue weighted by atomic mass is 16.8. The molecule has 6 rings (SSSR count). The number of carbonyl (C=O) groups excluding carboxylic acids is 5. The van der Waals surface area contributed by atoms with E-state index < -0.39 is 247 Å². The van der Waals surface area contributed by atoms with Crippen molar-refractivity contribution in [3.8, 4) is 5.75 Å². The van der Waals surface area contributed by atoms with Crippen LogP contribution >= 0.6 is 0 Å². The van der Waals surface area contributed by atoms with Gasteiger partial charge in [-0.3, -0.25) is 24.0 Å². The summed E-state index contributed by atoms with van der Waals surface area (Å²) in [6.07, 6.45) is -31.3. The smallest absolute Gasteiger partial charge is 0.251 e. The lowest BCUT2D eigenvalue weighted by molar-refractivity contribution is -0.365. The first-order chi connectivity index (χ1) is 47.6. The second-order valence-electron chi connectivity index (χ2n) is 25.7. The zero-order chi connectivity index (χ0) is 73.7. The monoisotopic (exact) mass is 1440 g/mol. The third kappa shape index (κ3) is 22.9. The Labute approximate surface area is 579 Å². The molecule has 1 aromatic carbocycles. The number of aliphatic hydroxyl groups is 13. The van der Waals surface area contributed by atoms with Crippen LogP contribution in [0.25, 0.3) is 0 Å². The molecule has 0 aromatic heterocycles. The fraction of sp³-hybridized carbons (Fsp3) is 0.828. The Morgan fingerprint density at radius 3 is 1.44 bits per heavy atom. The van der Waals surface area contributed by atoms with Crippen molar-refractivity contribution in [2.24, 2.45) is 0 Å². The molecule has 5 amide bonds. The van der Waals surface area contributed by atoms with Gasteiger partial charge in [-0.05, 0) is 38.5 Å². The van der Waals surface area contributed by atoms with Gasteiger partial charge in [-0.2, -0.15) is 0 Å². The summed E-state index contributed by atoms with van der Waals surface area (Å²) in [4.78, 5) is 64.8. The number of hydrogen-bond acceptors (Lipinski definition) is 31. The van der Waals surface area contributed by atoms with Crippen LogP contribution in [-0.2, 0) is 76.0 Å². The molecule has 14 unspecified atom stereocenters. The van der Waals surface area contributed by atoms with Crippen LogP contribution < -0.4 is 31.3 Å². The van der Waals surface area contributed by atoms with E-state index in [4.69, 9.17) is 61.6 Å². The molecule has 1 aromatic rings. The number of methoxy groups -OCH3 is 1. The summed E-state index contributed by atoms with van der Waals surface area (Å²) in [5, 5.41) is 158. The van der Waals surface area contributed by atoms with E-state index >= 15 is 0 Å². The summed E-state index contributed by atoms with van der Waals surface area (Å²) in [6, 6.07) is -1.85. The van der Waals surface area contributed by atoms with Gasteiger partial charge in [0.2, 0.25) is 23.6 Å². The zero-order valence-corrected chi connectivity index (χ0v) is 57.5. The molecule has 5 aliphatic rings. The average molecular weight is 1440 g/mol. The molecule has 36 nitrogen and oxygen atoms in total. The van der Waals surface area contributed by atoms with Crippen LogP contribution in [0, 0.1) is 0 Å². The van der Waals surface area contributed by atoms with Gasteiger partial charge in [-0.15, -0.1) is 0 Å². The van der Waals surface area contributed by atoms with Crippen LogP contribution in [-0.4, -0.2) is 327 Å². The number of nitrogens with one attached hydrogen (secondary N) is 5. The van der Waals surface area contributed by atoms with E-state index in [9.17, 15) is 90.4 Å². The van der Waals surface area contributed by atoms with Crippen LogP contribution in [0.4, 0.5) is 0 Å². The SMILES string of the molecule is CCCCCCCCCCCOc1cccc(C(=O)N[C@@H]2C(O[C@H]3C(O)C(NC(C)=O)[C@H](OC4C(CO)O[C@@H](O[C@H]5C(O)C(NC(C)=O)C(OC(CO)C(CO[C@@H]6OC(C)C(O)[C@H](O)[C@H]6OC)OC(O)[C@H](C)NC(C)=O)O[C@H]5CO)[C@@H](NC(C)=O)[C@H]4O)O[C@H]3CO)OC(CO)[C@@H](O)[C@@H]2O)c1. The number of ether oxygens (including phenoxy) is 13. The molecular weight excluding hydrogens is 1330 g/mol. The number of hydrogen-bond donors (Lipinski definition) is 18. The summed E-state index contributed by atoms with van der Waals surface area (Å²) >= 11 is 0. The predicted octanol–water partition coefficient (Wildman–Crippen LogP) is -5.86. The van der Waals surface area contributed by atoms with Gasteiger partial charge in [0.15, 0.2) is 37.7 Å². The fourth-order valence-corrected chi connectivity index (χ4v) is 12.5. The standard InChI is InChI=1S/C64H107N5O31/c1-9-10-11-12-13-14-15-16-17-21-89-36-20-18-19-35(22-36)58(86)69-43-49(81)48(80)38(24-71)94-61(43)98-55-40(26-73)96-63(45(51(55)83)67-33(6)77)100-56-41(27-74)97-62(46(52(56)84)68-34(7)78)99-54-39(25-72)95-60(44(50(54)82)66-32(5)76)93-37(23-70)42(92-59(87)29(2)65-31(4)75)28-90-64-57(88-8)53(85)47(79)30(3)91-64/h18-20,22,29-30,37-57,59-64,70-74,79-85,87H,9-17,21,23-28H2,1-8H3,(H,65,75)(H,66,76)(H,67,77)(H,68,78)(H,69,86)/t29-,30?,37?,38?,39-,40-,41?,42?,43-,44?,45?,46-,47?,48+,49+,50?,51?,52+,53-,54+,55+,56?,57+,59?,60?,61?,62-,63-,64+/m0/s1. The third-order valence-corrected chi connectivity index (χ3v) is 17.9. The molecule has 0 aliphatic carbocycles. The molecule has 0 spiro atoms. The molecule has 100 heavy (non-hydrogen) atoms. The van der Waals surface area contributed by atoms with Gasteiger partial charge in [0, 0.05) is 40.4 Å².